The highest BCUT2D eigenvalue weighted by Crippen LogP contribution is 2.31. The molecule has 0 bridgehead atoms. The molecule has 3 aromatic carbocycles. The van der Waals surface area contributed by atoms with Crippen LogP contribution in [0.5, 0.6) is 5.75 Å². The normalized spacial score (nSPS) is 14.7. The Bertz CT molecular complexity index is 1850. The molecule has 2 heterocycles. The Hall–Kier alpha value is -4.41. The number of hydrogen-bond acceptors (Lipinski definition) is 8. The van der Waals surface area contributed by atoms with E-state index in [4.69, 9.17) is 14.6 Å². The second-order valence-electron chi connectivity index (χ2n) is 9.40. The van der Waals surface area contributed by atoms with E-state index in [9.17, 15) is 14.4 Å². The number of rotatable bonds is 9. The van der Waals surface area contributed by atoms with Crippen molar-refractivity contribution in [3.05, 3.63) is 126 Å². The summed E-state index contributed by atoms with van der Waals surface area (Å²) >= 11 is 2.86. The highest BCUT2D eigenvalue weighted by atomic mass is 32.2. The van der Waals surface area contributed by atoms with Crippen LogP contribution >= 0.6 is 23.1 Å². The topological polar surface area (TPSA) is 107 Å². The number of hydrogen-bond donors (Lipinski definition) is 1. The van der Waals surface area contributed by atoms with Crippen molar-refractivity contribution in [1.82, 2.24) is 4.57 Å². The van der Waals surface area contributed by atoms with Crippen LogP contribution in [0.15, 0.2) is 98.7 Å². The Morgan fingerprint density at radius 1 is 1.07 bits per heavy atom. The van der Waals surface area contributed by atoms with Gasteiger partial charge in [0.1, 0.15) is 12.4 Å². The van der Waals surface area contributed by atoms with Crippen molar-refractivity contribution in [3.8, 4) is 5.75 Å². The lowest BCUT2D eigenvalue weighted by molar-refractivity contribution is -0.139. The minimum atomic E-state index is -0.988. The number of benzene rings is 3. The van der Waals surface area contributed by atoms with E-state index < -0.39 is 18.0 Å². The van der Waals surface area contributed by atoms with Crippen LogP contribution in [0.25, 0.3) is 6.08 Å². The highest BCUT2D eigenvalue weighted by molar-refractivity contribution is 7.98. The zero-order chi connectivity index (χ0) is 29.8. The van der Waals surface area contributed by atoms with Gasteiger partial charge in [0.05, 0.1) is 34.0 Å². The number of carbonyl (C=O) groups excluding carboxylic acids is 1. The molecule has 0 amide bonds. The first-order valence-electron chi connectivity index (χ1n) is 13.2. The van der Waals surface area contributed by atoms with Gasteiger partial charge in [0.15, 0.2) is 4.80 Å². The molecule has 1 aliphatic heterocycles. The van der Waals surface area contributed by atoms with Crippen molar-refractivity contribution in [2.24, 2.45) is 4.99 Å². The fourth-order valence-corrected chi connectivity index (χ4v) is 6.12. The number of thioether (sulfide) groups is 1. The van der Waals surface area contributed by atoms with Gasteiger partial charge in [0, 0.05) is 10.5 Å². The van der Waals surface area contributed by atoms with E-state index in [1.165, 1.54) is 23.5 Å². The summed E-state index contributed by atoms with van der Waals surface area (Å²) in [5.74, 6) is -0.918. The smallest absolute Gasteiger partial charge is 0.338 e. The number of fused-ring (bicyclic) bond motifs is 1. The number of carbonyl (C=O) groups is 2. The molecule has 4 aromatic rings. The summed E-state index contributed by atoms with van der Waals surface area (Å²) in [6, 6.07) is 21.0. The standard InChI is InChI=1S/C32H28N2O6S2/c1-4-39-31(38)27-19(2)33-32-34(28(27)21-13-15-24(41-3)16-14-21)29(35)26(42-32)17-23-7-5-6-8-25(23)40-18-20-9-11-22(12-10-20)30(36)37/h5-17,28H,4,18H2,1-3H3,(H,36,37)/b26-17-/t28-/m0/s1. The number of nitrogens with zero attached hydrogens (tertiary/aromatic N) is 2. The Morgan fingerprint density at radius 3 is 2.45 bits per heavy atom. The molecule has 0 saturated heterocycles. The van der Waals surface area contributed by atoms with Gasteiger partial charge < -0.3 is 14.6 Å². The van der Waals surface area contributed by atoms with Crippen LogP contribution in [0.4, 0.5) is 0 Å². The third-order valence-electron chi connectivity index (χ3n) is 6.75. The molecule has 0 fully saturated rings. The average Bonchev–Trinajstić information content (AvgIpc) is 3.30. The van der Waals surface area contributed by atoms with Crippen molar-refractivity contribution in [1.29, 1.82) is 0 Å². The zero-order valence-corrected chi connectivity index (χ0v) is 24.8. The van der Waals surface area contributed by atoms with Crippen molar-refractivity contribution in [2.45, 2.75) is 31.4 Å². The van der Waals surface area contributed by atoms with Crippen LogP contribution in [0.1, 0.15) is 46.9 Å². The van der Waals surface area contributed by atoms with Gasteiger partial charge in [-0.3, -0.25) is 9.36 Å². The van der Waals surface area contributed by atoms with Crippen molar-refractivity contribution >= 4 is 41.1 Å². The number of esters is 1. The lowest BCUT2D eigenvalue weighted by Crippen LogP contribution is -2.39. The molecule has 5 rings (SSSR count). The van der Waals surface area contributed by atoms with E-state index in [0.29, 0.717) is 31.9 Å². The predicted octanol–water partition coefficient (Wildman–Crippen LogP) is 4.80. The maximum Gasteiger partial charge on any atom is 0.338 e. The Kier molecular flexibility index (Phi) is 8.75. The molecular formula is C32H28N2O6S2. The number of para-hydroxylation sites is 1. The second kappa shape index (κ2) is 12.6. The predicted molar refractivity (Wildman–Crippen MR) is 163 cm³/mol. The molecule has 1 aromatic heterocycles. The van der Waals surface area contributed by atoms with Gasteiger partial charge in [0.2, 0.25) is 0 Å². The zero-order valence-electron chi connectivity index (χ0n) is 23.2. The van der Waals surface area contributed by atoms with E-state index in [1.54, 1.807) is 48.4 Å². The second-order valence-corrected chi connectivity index (χ2v) is 11.3. The molecule has 0 unspecified atom stereocenters. The summed E-state index contributed by atoms with van der Waals surface area (Å²) in [7, 11) is 0. The molecule has 1 atom stereocenters. The summed E-state index contributed by atoms with van der Waals surface area (Å²) in [5.41, 5.74) is 3.08. The Morgan fingerprint density at radius 2 is 1.79 bits per heavy atom. The lowest BCUT2D eigenvalue weighted by Gasteiger charge is -2.24. The first kappa shape index (κ1) is 29.1. The van der Waals surface area contributed by atoms with E-state index in [2.05, 4.69) is 4.99 Å². The van der Waals surface area contributed by atoms with Gasteiger partial charge in [-0.05, 0) is 67.6 Å². The van der Waals surface area contributed by atoms with E-state index in [1.807, 2.05) is 54.8 Å². The molecule has 42 heavy (non-hydrogen) atoms. The van der Waals surface area contributed by atoms with E-state index in [0.717, 1.165) is 16.0 Å². The Balaban J connectivity index is 1.55. The third-order valence-corrected chi connectivity index (χ3v) is 8.48. The molecule has 1 N–H and O–H groups in total. The molecule has 8 nitrogen and oxygen atoms in total. The monoisotopic (exact) mass is 600 g/mol. The fourth-order valence-electron chi connectivity index (χ4n) is 4.67. The molecule has 10 heteroatoms. The van der Waals surface area contributed by atoms with Crippen LogP contribution in [-0.4, -0.2) is 34.5 Å². The SMILES string of the molecule is CCOC(=O)C1=C(C)N=c2s/c(=C\c3ccccc3OCc3ccc(C(=O)O)cc3)c(=O)n2[C@H]1c1ccc(SC)cc1. The van der Waals surface area contributed by atoms with E-state index >= 15 is 0 Å². The highest BCUT2D eigenvalue weighted by Gasteiger charge is 2.33. The number of aromatic nitrogens is 1. The number of carboxylic acid groups (broad SMARTS) is 1. The fraction of sp³-hybridized carbons (Fsp3) is 0.188. The number of aromatic carboxylic acids is 1. The average molecular weight is 601 g/mol. The van der Waals surface area contributed by atoms with Gasteiger partial charge in [-0.25, -0.2) is 14.6 Å². The summed E-state index contributed by atoms with van der Waals surface area (Å²) in [4.78, 5) is 44.4. The molecular weight excluding hydrogens is 572 g/mol. The Labute approximate surface area is 250 Å². The third kappa shape index (κ3) is 5.95. The minimum Gasteiger partial charge on any atom is -0.488 e. The first-order chi connectivity index (χ1) is 20.3. The van der Waals surface area contributed by atoms with Crippen LogP contribution in [0, 0.1) is 0 Å². The van der Waals surface area contributed by atoms with Crippen molar-refractivity contribution in [3.63, 3.8) is 0 Å². The number of carboxylic acids is 1. The maximum atomic E-state index is 13.9. The van der Waals surface area contributed by atoms with Crippen molar-refractivity contribution in [2.75, 3.05) is 12.9 Å². The summed E-state index contributed by atoms with van der Waals surface area (Å²) < 4.78 is 13.5. The lowest BCUT2D eigenvalue weighted by atomic mass is 9.96. The largest absolute Gasteiger partial charge is 0.488 e. The molecule has 0 radical (unpaired) electrons. The summed E-state index contributed by atoms with van der Waals surface area (Å²) in [6.45, 7) is 3.94. The van der Waals surface area contributed by atoms with Gasteiger partial charge in [-0.2, -0.15) is 0 Å². The molecule has 0 spiro atoms. The quantitative estimate of drug-likeness (QED) is 0.217. The maximum absolute atomic E-state index is 13.9. The molecule has 0 aliphatic carbocycles. The molecule has 1 aliphatic rings. The van der Waals surface area contributed by atoms with Gasteiger partial charge in [0.25, 0.3) is 5.56 Å². The van der Waals surface area contributed by atoms with Gasteiger partial charge in [-0.1, -0.05) is 53.8 Å². The summed E-state index contributed by atoms with van der Waals surface area (Å²) in [6.07, 6.45) is 3.76. The minimum absolute atomic E-state index is 0.203. The van der Waals surface area contributed by atoms with Crippen LogP contribution in [0.2, 0.25) is 0 Å². The number of ether oxygens (including phenoxy) is 2. The van der Waals surface area contributed by atoms with Crippen LogP contribution in [-0.2, 0) is 16.1 Å². The van der Waals surface area contributed by atoms with E-state index in [-0.39, 0.29) is 24.3 Å². The van der Waals surface area contributed by atoms with Gasteiger partial charge >= 0.3 is 11.9 Å². The number of allylic oxidation sites excluding steroid dienone is 1. The molecule has 0 saturated carbocycles. The summed E-state index contributed by atoms with van der Waals surface area (Å²) in [5, 5.41) is 9.13. The first-order valence-corrected chi connectivity index (χ1v) is 15.2. The van der Waals surface area contributed by atoms with Gasteiger partial charge in [-0.15, -0.1) is 11.8 Å². The number of thiazole rings is 1. The van der Waals surface area contributed by atoms with Crippen molar-refractivity contribution < 1.29 is 24.2 Å². The van der Waals surface area contributed by atoms with Crippen LogP contribution < -0.4 is 19.6 Å². The molecule has 214 valence electrons. The van der Waals surface area contributed by atoms with Crippen LogP contribution in [0.3, 0.4) is 0 Å².